The molecule has 3 rings (SSSR count). The quantitative estimate of drug-likeness (QED) is 0.468. The molecule has 0 amide bonds. The molecule has 3 nitrogen and oxygen atoms in total. The summed E-state index contributed by atoms with van der Waals surface area (Å²) in [6.45, 7) is 3.75. The maximum atomic E-state index is 13.3. The largest absolute Gasteiger partial charge is 0.293 e. The summed E-state index contributed by atoms with van der Waals surface area (Å²) in [4.78, 5) is 39.5. The summed E-state index contributed by atoms with van der Waals surface area (Å²) < 4.78 is 0. The standard InChI is InChI=1S/C24H20O3/c1-16-13-14-20(17(2)15-16)24(27)21(22(25)18-9-5-3-6-10-18)23(26)19-11-7-4-8-12-19/h3-15,21H,1-2H3. The highest BCUT2D eigenvalue weighted by Crippen LogP contribution is 2.22. The van der Waals surface area contributed by atoms with Crippen LogP contribution < -0.4 is 0 Å². The van der Waals surface area contributed by atoms with E-state index in [1.165, 1.54) is 0 Å². The van der Waals surface area contributed by atoms with Crippen LogP contribution in [0.5, 0.6) is 0 Å². The molecule has 0 saturated heterocycles. The lowest BCUT2D eigenvalue weighted by Gasteiger charge is -2.16. The number of carbonyl (C=O) groups excluding carboxylic acids is 3. The van der Waals surface area contributed by atoms with Crippen molar-refractivity contribution in [1.29, 1.82) is 0 Å². The second-order valence-corrected chi connectivity index (χ2v) is 6.58. The van der Waals surface area contributed by atoms with Gasteiger partial charge < -0.3 is 0 Å². The first kappa shape index (κ1) is 18.5. The van der Waals surface area contributed by atoms with Gasteiger partial charge in [-0.1, -0.05) is 84.4 Å². The summed E-state index contributed by atoms with van der Waals surface area (Å²) in [7, 11) is 0. The lowest BCUT2D eigenvalue weighted by Crippen LogP contribution is -2.32. The molecule has 0 aliphatic rings. The van der Waals surface area contributed by atoms with E-state index in [2.05, 4.69) is 0 Å². The van der Waals surface area contributed by atoms with Gasteiger partial charge in [0, 0.05) is 16.7 Å². The minimum Gasteiger partial charge on any atom is -0.293 e. The third-order valence-electron chi connectivity index (χ3n) is 4.55. The lowest BCUT2D eigenvalue weighted by molar-refractivity contribution is 0.0733. The molecule has 3 heteroatoms. The van der Waals surface area contributed by atoms with Gasteiger partial charge in [0.25, 0.3) is 0 Å². The molecule has 0 aliphatic heterocycles. The smallest absolute Gasteiger partial charge is 0.181 e. The molecule has 0 bridgehead atoms. The van der Waals surface area contributed by atoms with E-state index in [0.717, 1.165) is 11.1 Å². The summed E-state index contributed by atoms with van der Waals surface area (Å²) in [6.07, 6.45) is 0. The van der Waals surface area contributed by atoms with Gasteiger partial charge in [-0.05, 0) is 19.4 Å². The Morgan fingerprint density at radius 1 is 0.630 bits per heavy atom. The van der Waals surface area contributed by atoms with Crippen molar-refractivity contribution in [1.82, 2.24) is 0 Å². The highest BCUT2D eigenvalue weighted by Gasteiger charge is 2.36. The van der Waals surface area contributed by atoms with Crippen molar-refractivity contribution in [2.75, 3.05) is 0 Å². The zero-order valence-corrected chi connectivity index (χ0v) is 15.3. The first-order valence-corrected chi connectivity index (χ1v) is 8.79. The fraction of sp³-hybridized carbons (Fsp3) is 0.125. The van der Waals surface area contributed by atoms with E-state index in [4.69, 9.17) is 0 Å². The van der Waals surface area contributed by atoms with Crippen molar-refractivity contribution < 1.29 is 14.4 Å². The molecule has 3 aromatic carbocycles. The molecule has 0 N–H and O–H groups in total. The molecular formula is C24H20O3. The molecule has 0 aliphatic carbocycles. The molecule has 0 aromatic heterocycles. The predicted octanol–water partition coefficient (Wildman–Crippen LogP) is 4.87. The highest BCUT2D eigenvalue weighted by atomic mass is 16.2. The number of rotatable bonds is 6. The molecule has 3 aromatic rings. The molecule has 134 valence electrons. The summed E-state index contributed by atoms with van der Waals surface area (Å²) in [5.74, 6) is -2.81. The number of benzene rings is 3. The third-order valence-corrected chi connectivity index (χ3v) is 4.55. The van der Waals surface area contributed by atoms with Gasteiger partial charge in [0.05, 0.1) is 0 Å². The fourth-order valence-electron chi connectivity index (χ4n) is 3.14. The number of Topliss-reactive ketones (excluding diaryl/α,β-unsaturated/α-hetero) is 3. The van der Waals surface area contributed by atoms with Gasteiger partial charge in [0.2, 0.25) is 0 Å². The van der Waals surface area contributed by atoms with Crippen LogP contribution in [0.4, 0.5) is 0 Å². The van der Waals surface area contributed by atoms with Crippen molar-refractivity contribution in [2.45, 2.75) is 13.8 Å². The second-order valence-electron chi connectivity index (χ2n) is 6.58. The second kappa shape index (κ2) is 7.92. The van der Waals surface area contributed by atoms with Crippen LogP contribution in [0.2, 0.25) is 0 Å². The van der Waals surface area contributed by atoms with Crippen molar-refractivity contribution in [3.8, 4) is 0 Å². The Labute approximate surface area is 158 Å². The van der Waals surface area contributed by atoms with Crippen LogP contribution >= 0.6 is 0 Å². The number of ketones is 3. The number of carbonyl (C=O) groups is 3. The highest BCUT2D eigenvalue weighted by molar-refractivity contribution is 6.31. The van der Waals surface area contributed by atoms with E-state index in [0.29, 0.717) is 16.7 Å². The Bertz CT molecular complexity index is 937. The molecular weight excluding hydrogens is 336 g/mol. The van der Waals surface area contributed by atoms with Crippen LogP contribution in [-0.4, -0.2) is 17.3 Å². The monoisotopic (exact) mass is 356 g/mol. The molecule has 27 heavy (non-hydrogen) atoms. The maximum absolute atomic E-state index is 13.3. The van der Waals surface area contributed by atoms with Crippen LogP contribution in [-0.2, 0) is 0 Å². The van der Waals surface area contributed by atoms with Gasteiger partial charge in [-0.15, -0.1) is 0 Å². The number of hydrogen-bond donors (Lipinski definition) is 0. The van der Waals surface area contributed by atoms with Gasteiger partial charge in [0.1, 0.15) is 5.92 Å². The van der Waals surface area contributed by atoms with E-state index in [1.807, 2.05) is 26.0 Å². The average molecular weight is 356 g/mol. The fourth-order valence-corrected chi connectivity index (χ4v) is 3.14. The summed E-state index contributed by atoms with van der Waals surface area (Å²) in [5.41, 5.74) is 2.88. The van der Waals surface area contributed by atoms with Crippen LogP contribution in [0.15, 0.2) is 78.9 Å². The van der Waals surface area contributed by atoms with E-state index in [9.17, 15) is 14.4 Å². The number of hydrogen-bond acceptors (Lipinski definition) is 3. The van der Waals surface area contributed by atoms with Gasteiger partial charge >= 0.3 is 0 Å². The van der Waals surface area contributed by atoms with E-state index in [1.54, 1.807) is 66.7 Å². The van der Waals surface area contributed by atoms with Crippen molar-refractivity contribution in [3.05, 3.63) is 107 Å². The van der Waals surface area contributed by atoms with Crippen LogP contribution in [0.25, 0.3) is 0 Å². The molecule has 0 atom stereocenters. The minimum atomic E-state index is -1.39. The maximum Gasteiger partial charge on any atom is 0.181 e. The van der Waals surface area contributed by atoms with Gasteiger partial charge in [-0.25, -0.2) is 0 Å². The lowest BCUT2D eigenvalue weighted by atomic mass is 9.83. The van der Waals surface area contributed by atoms with Crippen molar-refractivity contribution in [2.24, 2.45) is 5.92 Å². The molecule has 0 unspecified atom stereocenters. The van der Waals surface area contributed by atoms with E-state index >= 15 is 0 Å². The van der Waals surface area contributed by atoms with Crippen molar-refractivity contribution >= 4 is 17.3 Å². The Balaban J connectivity index is 2.08. The minimum absolute atomic E-state index is 0.352. The zero-order chi connectivity index (χ0) is 19.4. The van der Waals surface area contributed by atoms with E-state index < -0.39 is 23.3 Å². The Morgan fingerprint density at radius 3 is 1.56 bits per heavy atom. The Morgan fingerprint density at radius 2 is 1.11 bits per heavy atom. The first-order chi connectivity index (χ1) is 13.0. The Kier molecular flexibility index (Phi) is 5.41. The molecule has 0 spiro atoms. The average Bonchev–Trinajstić information content (AvgIpc) is 2.69. The van der Waals surface area contributed by atoms with Crippen LogP contribution in [0.3, 0.4) is 0 Å². The van der Waals surface area contributed by atoms with Crippen LogP contribution in [0, 0.1) is 19.8 Å². The van der Waals surface area contributed by atoms with Crippen molar-refractivity contribution in [3.63, 3.8) is 0 Å². The normalized spacial score (nSPS) is 10.6. The predicted molar refractivity (Wildman–Crippen MR) is 105 cm³/mol. The third kappa shape index (κ3) is 3.93. The SMILES string of the molecule is Cc1ccc(C(=O)C(C(=O)c2ccccc2)C(=O)c2ccccc2)c(C)c1. The summed E-state index contributed by atoms with van der Waals surface area (Å²) >= 11 is 0. The van der Waals surface area contributed by atoms with Gasteiger partial charge in [-0.2, -0.15) is 0 Å². The Hall–Kier alpha value is -3.33. The van der Waals surface area contributed by atoms with Gasteiger partial charge in [0.15, 0.2) is 17.3 Å². The molecule has 0 radical (unpaired) electrons. The molecule has 0 fully saturated rings. The molecule has 0 saturated carbocycles. The summed E-state index contributed by atoms with van der Waals surface area (Å²) in [5, 5.41) is 0. The molecule has 0 heterocycles. The topological polar surface area (TPSA) is 51.2 Å². The summed E-state index contributed by atoms with van der Waals surface area (Å²) in [6, 6.07) is 22.4. The number of aryl methyl sites for hydroxylation is 2. The first-order valence-electron chi connectivity index (χ1n) is 8.79. The van der Waals surface area contributed by atoms with Gasteiger partial charge in [-0.3, -0.25) is 14.4 Å². The van der Waals surface area contributed by atoms with E-state index in [-0.39, 0.29) is 0 Å². The van der Waals surface area contributed by atoms with Crippen LogP contribution in [0.1, 0.15) is 42.2 Å². The zero-order valence-electron chi connectivity index (χ0n) is 15.3.